The molecule has 4 nitrogen and oxygen atoms in total. The largest absolute Gasteiger partial charge is 0.341 e. The van der Waals surface area contributed by atoms with Crippen molar-refractivity contribution in [2.75, 3.05) is 24.2 Å². The number of amides is 2. The summed E-state index contributed by atoms with van der Waals surface area (Å²) in [6.07, 6.45) is 0.462. The number of hydrogen-bond donors (Lipinski definition) is 0. The Hall–Kier alpha value is -1.79. The number of fused-ring (bicyclic) bond motifs is 1. The molecule has 0 atom stereocenters. The minimum Gasteiger partial charge on any atom is -0.341 e. The molecule has 26 heavy (non-hydrogen) atoms. The Morgan fingerprint density at radius 2 is 1.85 bits per heavy atom. The first-order valence-electron chi connectivity index (χ1n) is 8.56. The molecule has 1 heterocycles. The minimum atomic E-state index is -0.0197. The van der Waals surface area contributed by atoms with Crippen molar-refractivity contribution in [2.45, 2.75) is 24.3 Å². The molecular formula is C20H21BrN2O2S. The summed E-state index contributed by atoms with van der Waals surface area (Å²) >= 11 is 5.27. The monoisotopic (exact) mass is 432 g/mol. The molecular weight excluding hydrogens is 412 g/mol. The van der Waals surface area contributed by atoms with Gasteiger partial charge in [-0.05, 0) is 23.8 Å². The van der Waals surface area contributed by atoms with Crippen LogP contribution in [0.25, 0.3) is 0 Å². The predicted octanol–water partition coefficient (Wildman–Crippen LogP) is 4.33. The molecule has 0 saturated carbocycles. The van der Waals surface area contributed by atoms with Crippen molar-refractivity contribution in [3.63, 3.8) is 0 Å². The fraction of sp³-hybridized carbons (Fsp3) is 0.300. The molecule has 0 radical (unpaired) electrons. The molecule has 136 valence electrons. The second-order valence-corrected chi connectivity index (χ2v) is 8.19. The molecule has 0 aromatic heterocycles. The fourth-order valence-electron chi connectivity index (χ4n) is 2.94. The van der Waals surface area contributed by atoms with Crippen LogP contribution in [0.4, 0.5) is 5.69 Å². The number of carbonyl (C=O) groups is 2. The number of nitrogens with zero attached hydrogens (tertiary/aromatic N) is 2. The van der Waals surface area contributed by atoms with E-state index >= 15 is 0 Å². The van der Waals surface area contributed by atoms with Crippen molar-refractivity contribution >= 4 is 45.2 Å². The van der Waals surface area contributed by atoms with E-state index in [1.807, 2.05) is 53.4 Å². The summed E-state index contributed by atoms with van der Waals surface area (Å²) in [4.78, 5) is 29.7. The third kappa shape index (κ3) is 4.48. The summed E-state index contributed by atoms with van der Waals surface area (Å²) in [6, 6.07) is 15.8. The van der Waals surface area contributed by atoms with Gasteiger partial charge in [-0.1, -0.05) is 46.3 Å². The van der Waals surface area contributed by atoms with E-state index in [2.05, 4.69) is 15.9 Å². The standard InChI is InChI=1S/C20H21BrN2O2S/c1-22(14-15-6-2-3-7-16(15)21)19(24)10-11-20(25)23-12-13-26-18-9-5-4-8-17(18)23/h2-9H,10-14H2,1H3. The van der Waals surface area contributed by atoms with E-state index in [9.17, 15) is 9.59 Å². The minimum absolute atomic E-state index is 0.0143. The highest BCUT2D eigenvalue weighted by Gasteiger charge is 2.23. The molecule has 2 aromatic carbocycles. The fourth-order valence-corrected chi connectivity index (χ4v) is 4.34. The van der Waals surface area contributed by atoms with Gasteiger partial charge in [-0.2, -0.15) is 0 Å². The van der Waals surface area contributed by atoms with E-state index in [4.69, 9.17) is 0 Å². The number of anilines is 1. The first-order chi connectivity index (χ1) is 12.6. The number of thioether (sulfide) groups is 1. The highest BCUT2D eigenvalue weighted by molar-refractivity contribution is 9.10. The van der Waals surface area contributed by atoms with E-state index in [1.54, 1.807) is 23.7 Å². The Kier molecular flexibility index (Phi) is 6.38. The van der Waals surface area contributed by atoms with Crippen LogP contribution in [0, 0.1) is 0 Å². The van der Waals surface area contributed by atoms with Gasteiger partial charge < -0.3 is 9.80 Å². The van der Waals surface area contributed by atoms with Crippen LogP contribution in [0.1, 0.15) is 18.4 Å². The third-order valence-electron chi connectivity index (χ3n) is 4.37. The van der Waals surface area contributed by atoms with Crippen LogP contribution < -0.4 is 4.90 Å². The summed E-state index contributed by atoms with van der Waals surface area (Å²) < 4.78 is 0.984. The van der Waals surface area contributed by atoms with Crippen LogP contribution in [0.5, 0.6) is 0 Å². The molecule has 3 rings (SSSR count). The van der Waals surface area contributed by atoms with E-state index in [0.29, 0.717) is 13.1 Å². The molecule has 2 amide bonds. The molecule has 0 spiro atoms. The Labute approximate surface area is 166 Å². The summed E-state index contributed by atoms with van der Waals surface area (Å²) in [7, 11) is 1.78. The van der Waals surface area contributed by atoms with Gasteiger partial charge in [-0.25, -0.2) is 0 Å². The van der Waals surface area contributed by atoms with Gasteiger partial charge >= 0.3 is 0 Å². The summed E-state index contributed by atoms with van der Waals surface area (Å²) in [5.74, 6) is 0.882. The maximum absolute atomic E-state index is 12.6. The second-order valence-electron chi connectivity index (χ2n) is 6.20. The SMILES string of the molecule is CN(Cc1ccccc1Br)C(=O)CCC(=O)N1CCSc2ccccc21. The van der Waals surface area contributed by atoms with E-state index in [1.165, 1.54) is 0 Å². The second kappa shape index (κ2) is 8.73. The zero-order valence-electron chi connectivity index (χ0n) is 14.7. The first kappa shape index (κ1) is 19.0. The molecule has 0 fully saturated rings. The van der Waals surface area contributed by atoms with Gasteiger partial charge in [0.1, 0.15) is 0 Å². The van der Waals surface area contributed by atoms with Crippen LogP contribution in [-0.2, 0) is 16.1 Å². The summed E-state index contributed by atoms with van der Waals surface area (Å²) in [5.41, 5.74) is 2.01. The normalized spacial score (nSPS) is 13.2. The average Bonchev–Trinajstić information content (AvgIpc) is 2.67. The van der Waals surface area contributed by atoms with Crippen molar-refractivity contribution in [1.82, 2.24) is 4.90 Å². The van der Waals surface area contributed by atoms with Gasteiger partial charge in [0.05, 0.1) is 5.69 Å². The lowest BCUT2D eigenvalue weighted by molar-refractivity contribution is -0.132. The molecule has 0 aliphatic carbocycles. The van der Waals surface area contributed by atoms with E-state index in [-0.39, 0.29) is 24.7 Å². The predicted molar refractivity (Wildman–Crippen MR) is 109 cm³/mol. The summed E-state index contributed by atoms with van der Waals surface area (Å²) in [5, 5.41) is 0. The zero-order chi connectivity index (χ0) is 18.5. The lowest BCUT2D eigenvalue weighted by Crippen LogP contribution is -2.36. The average molecular weight is 433 g/mol. The van der Waals surface area contributed by atoms with Gasteiger partial charge in [0, 0.05) is 48.1 Å². The van der Waals surface area contributed by atoms with E-state index in [0.717, 1.165) is 26.4 Å². The third-order valence-corrected chi connectivity index (χ3v) is 6.19. The Balaban J connectivity index is 1.56. The number of carbonyl (C=O) groups excluding carboxylic acids is 2. The van der Waals surface area contributed by atoms with Crippen molar-refractivity contribution in [2.24, 2.45) is 0 Å². The highest BCUT2D eigenvalue weighted by atomic mass is 79.9. The topological polar surface area (TPSA) is 40.6 Å². The van der Waals surface area contributed by atoms with Gasteiger partial charge in [-0.3, -0.25) is 9.59 Å². The smallest absolute Gasteiger partial charge is 0.227 e. The molecule has 0 bridgehead atoms. The number of benzene rings is 2. The molecule has 0 unspecified atom stereocenters. The van der Waals surface area contributed by atoms with Crippen LogP contribution in [0.15, 0.2) is 57.9 Å². The van der Waals surface area contributed by atoms with Gasteiger partial charge in [-0.15, -0.1) is 11.8 Å². The van der Waals surface area contributed by atoms with Crippen molar-refractivity contribution in [3.05, 3.63) is 58.6 Å². The van der Waals surface area contributed by atoms with Crippen LogP contribution in [-0.4, -0.2) is 36.1 Å². The van der Waals surface area contributed by atoms with Crippen LogP contribution in [0.3, 0.4) is 0 Å². The van der Waals surface area contributed by atoms with E-state index < -0.39 is 0 Å². The Bertz CT molecular complexity index is 812. The van der Waals surface area contributed by atoms with Crippen molar-refractivity contribution < 1.29 is 9.59 Å². The molecule has 0 N–H and O–H groups in total. The number of para-hydroxylation sites is 1. The lowest BCUT2D eigenvalue weighted by atomic mass is 10.2. The lowest BCUT2D eigenvalue weighted by Gasteiger charge is -2.29. The quantitative estimate of drug-likeness (QED) is 0.705. The van der Waals surface area contributed by atoms with Gasteiger partial charge in [0.2, 0.25) is 11.8 Å². The van der Waals surface area contributed by atoms with Crippen LogP contribution in [0.2, 0.25) is 0 Å². The van der Waals surface area contributed by atoms with Gasteiger partial charge in [0.15, 0.2) is 0 Å². The molecule has 0 saturated heterocycles. The van der Waals surface area contributed by atoms with Gasteiger partial charge in [0.25, 0.3) is 0 Å². The summed E-state index contributed by atoms with van der Waals surface area (Å²) in [6.45, 7) is 1.22. The Morgan fingerprint density at radius 1 is 1.12 bits per heavy atom. The number of rotatable bonds is 5. The number of hydrogen-bond acceptors (Lipinski definition) is 3. The van der Waals surface area contributed by atoms with Crippen molar-refractivity contribution in [3.8, 4) is 0 Å². The molecule has 1 aliphatic heterocycles. The molecule has 1 aliphatic rings. The molecule has 6 heteroatoms. The Morgan fingerprint density at radius 3 is 2.65 bits per heavy atom. The van der Waals surface area contributed by atoms with Crippen LogP contribution >= 0.6 is 27.7 Å². The molecule has 2 aromatic rings. The number of halogens is 1. The van der Waals surface area contributed by atoms with Crippen molar-refractivity contribution in [1.29, 1.82) is 0 Å². The maximum Gasteiger partial charge on any atom is 0.227 e. The highest BCUT2D eigenvalue weighted by Crippen LogP contribution is 2.34. The maximum atomic E-state index is 12.6. The zero-order valence-corrected chi connectivity index (χ0v) is 17.1. The first-order valence-corrected chi connectivity index (χ1v) is 10.3.